The molecule has 1 aliphatic heterocycles. The first-order chi connectivity index (χ1) is 8.75. The van der Waals surface area contributed by atoms with E-state index in [4.69, 9.17) is 16.6 Å². The highest BCUT2D eigenvalue weighted by Crippen LogP contribution is 2.25. The van der Waals surface area contributed by atoms with Crippen LogP contribution < -0.4 is 11.5 Å². The summed E-state index contributed by atoms with van der Waals surface area (Å²) in [6.45, 7) is -0.665. The summed E-state index contributed by atoms with van der Waals surface area (Å²) in [7, 11) is 0. The van der Waals surface area contributed by atoms with Crippen LogP contribution in [0.15, 0.2) is 0 Å². The van der Waals surface area contributed by atoms with Gasteiger partial charge >= 0.3 is 5.97 Å². The minimum Gasteiger partial charge on any atom is -0.480 e. The second-order valence-electron chi connectivity index (χ2n) is 4.35. The molecule has 19 heavy (non-hydrogen) atoms. The number of alkyl halides is 2. The number of hydrogen-bond acceptors (Lipinski definition) is 4. The average Bonchev–Trinajstić information content (AvgIpc) is 2.61. The number of nitrogens with zero attached hydrogens (tertiary/aromatic N) is 1. The molecule has 0 saturated carbocycles. The highest BCUT2D eigenvalue weighted by molar-refractivity contribution is 5.88. The zero-order valence-electron chi connectivity index (χ0n) is 9.96. The minimum atomic E-state index is -2.29. The van der Waals surface area contributed by atoms with Crippen molar-refractivity contribution in [3.63, 3.8) is 0 Å². The van der Waals surface area contributed by atoms with Crippen LogP contribution in [0.2, 0.25) is 0 Å². The predicted molar refractivity (Wildman–Crippen MR) is 59.3 cm³/mol. The lowest BCUT2D eigenvalue weighted by Crippen LogP contribution is -2.50. The molecule has 0 aromatic heterocycles. The third-order valence-electron chi connectivity index (χ3n) is 2.91. The Hall–Kier alpha value is -1.77. The standard InChI is InChI=1S/C10H15F2N3O4/c11-4-3-15(8(7(4)12)10(18)19)9(17)5(13)1-2-6(14)16/h4-5,7-8H,1-3,13H2,(H2,14,16)(H,18,19)/t4-,5+,7-,8-/m1/s1. The van der Waals surface area contributed by atoms with E-state index < -0.39 is 48.8 Å². The van der Waals surface area contributed by atoms with Gasteiger partial charge in [-0.2, -0.15) is 0 Å². The van der Waals surface area contributed by atoms with Gasteiger partial charge in [-0.15, -0.1) is 0 Å². The van der Waals surface area contributed by atoms with Crippen LogP contribution in [0.5, 0.6) is 0 Å². The third-order valence-corrected chi connectivity index (χ3v) is 2.91. The molecule has 9 heteroatoms. The van der Waals surface area contributed by atoms with E-state index in [1.165, 1.54) is 0 Å². The Bertz CT molecular complexity index is 393. The van der Waals surface area contributed by atoms with Gasteiger partial charge in [0.25, 0.3) is 0 Å². The lowest BCUT2D eigenvalue weighted by atomic mass is 10.1. The van der Waals surface area contributed by atoms with Crippen molar-refractivity contribution in [1.82, 2.24) is 4.90 Å². The van der Waals surface area contributed by atoms with Gasteiger partial charge in [0.1, 0.15) is 0 Å². The number of likely N-dealkylation sites (tertiary alicyclic amines) is 1. The van der Waals surface area contributed by atoms with E-state index in [-0.39, 0.29) is 12.8 Å². The van der Waals surface area contributed by atoms with Crippen molar-refractivity contribution in [3.05, 3.63) is 0 Å². The fourth-order valence-electron chi connectivity index (χ4n) is 1.90. The van der Waals surface area contributed by atoms with Gasteiger partial charge in [-0.3, -0.25) is 9.59 Å². The summed E-state index contributed by atoms with van der Waals surface area (Å²) in [5.74, 6) is -3.22. The van der Waals surface area contributed by atoms with Crippen molar-refractivity contribution in [1.29, 1.82) is 0 Å². The van der Waals surface area contributed by atoms with E-state index in [1.807, 2.05) is 0 Å². The largest absolute Gasteiger partial charge is 0.480 e. The molecule has 5 N–H and O–H groups in total. The van der Waals surface area contributed by atoms with E-state index >= 15 is 0 Å². The van der Waals surface area contributed by atoms with Gasteiger partial charge in [-0.25, -0.2) is 13.6 Å². The number of primary amides is 1. The molecule has 0 aromatic carbocycles. The topological polar surface area (TPSA) is 127 Å². The molecule has 1 rings (SSSR count). The first-order valence-electron chi connectivity index (χ1n) is 5.61. The Labute approximate surface area is 107 Å². The first-order valence-corrected chi connectivity index (χ1v) is 5.61. The highest BCUT2D eigenvalue weighted by atomic mass is 19.2. The van der Waals surface area contributed by atoms with Crippen LogP contribution in [0.25, 0.3) is 0 Å². The predicted octanol–water partition coefficient (Wildman–Crippen LogP) is -1.45. The fourth-order valence-corrected chi connectivity index (χ4v) is 1.90. The molecule has 0 aliphatic carbocycles. The Morgan fingerprint density at radius 3 is 2.42 bits per heavy atom. The molecular weight excluding hydrogens is 264 g/mol. The van der Waals surface area contributed by atoms with Crippen molar-refractivity contribution in [3.8, 4) is 0 Å². The van der Waals surface area contributed by atoms with Gasteiger partial charge in [-0.05, 0) is 6.42 Å². The van der Waals surface area contributed by atoms with E-state index in [1.54, 1.807) is 0 Å². The van der Waals surface area contributed by atoms with Gasteiger partial charge in [0.05, 0.1) is 12.6 Å². The van der Waals surface area contributed by atoms with Crippen molar-refractivity contribution >= 4 is 17.8 Å². The van der Waals surface area contributed by atoms with Crippen LogP contribution in [0.3, 0.4) is 0 Å². The number of carboxylic acid groups (broad SMARTS) is 1. The van der Waals surface area contributed by atoms with Gasteiger partial charge in [0.15, 0.2) is 18.4 Å². The number of hydrogen-bond donors (Lipinski definition) is 3. The van der Waals surface area contributed by atoms with Crippen LogP contribution in [-0.2, 0) is 14.4 Å². The fraction of sp³-hybridized carbons (Fsp3) is 0.700. The van der Waals surface area contributed by atoms with Crippen molar-refractivity contribution < 1.29 is 28.3 Å². The second kappa shape index (κ2) is 5.91. The Kier molecular flexibility index (Phi) is 4.76. The maximum Gasteiger partial charge on any atom is 0.329 e. The summed E-state index contributed by atoms with van der Waals surface area (Å²) in [5.41, 5.74) is 10.3. The van der Waals surface area contributed by atoms with Crippen LogP contribution in [0, 0.1) is 0 Å². The smallest absolute Gasteiger partial charge is 0.329 e. The van der Waals surface area contributed by atoms with Crippen LogP contribution in [0.4, 0.5) is 8.78 Å². The summed E-state index contributed by atoms with van der Waals surface area (Å²) in [6.07, 6.45) is -4.63. The Balaban J connectivity index is 2.74. The molecule has 0 aromatic rings. The summed E-state index contributed by atoms with van der Waals surface area (Å²) < 4.78 is 26.5. The molecule has 0 unspecified atom stereocenters. The molecule has 108 valence electrons. The molecule has 7 nitrogen and oxygen atoms in total. The Morgan fingerprint density at radius 2 is 1.95 bits per heavy atom. The molecule has 1 heterocycles. The quantitative estimate of drug-likeness (QED) is 0.567. The van der Waals surface area contributed by atoms with E-state index in [0.717, 1.165) is 0 Å². The molecule has 0 spiro atoms. The highest BCUT2D eigenvalue weighted by Gasteiger charge is 2.49. The minimum absolute atomic E-state index is 0.106. The molecular formula is C10H15F2N3O4. The van der Waals surface area contributed by atoms with Gasteiger partial charge in [-0.1, -0.05) is 0 Å². The summed E-state index contributed by atoms with van der Waals surface area (Å²) in [5, 5.41) is 8.81. The van der Waals surface area contributed by atoms with Crippen molar-refractivity contribution in [2.24, 2.45) is 11.5 Å². The number of carboxylic acids is 1. The lowest BCUT2D eigenvalue weighted by molar-refractivity contribution is -0.150. The molecule has 2 amide bonds. The molecule has 0 bridgehead atoms. The molecule has 1 saturated heterocycles. The number of carbonyl (C=O) groups is 3. The second-order valence-corrected chi connectivity index (χ2v) is 4.35. The third kappa shape index (κ3) is 3.37. The number of nitrogens with two attached hydrogens (primary N) is 2. The number of halogens is 2. The van der Waals surface area contributed by atoms with Crippen LogP contribution >= 0.6 is 0 Å². The summed E-state index contributed by atoms with van der Waals surface area (Å²) in [4.78, 5) is 33.8. The number of amides is 2. The molecule has 0 radical (unpaired) electrons. The monoisotopic (exact) mass is 279 g/mol. The maximum atomic E-state index is 13.4. The Morgan fingerprint density at radius 1 is 1.37 bits per heavy atom. The molecule has 1 fully saturated rings. The van der Waals surface area contributed by atoms with Crippen molar-refractivity contribution in [2.75, 3.05) is 6.54 Å². The normalized spacial score (nSPS) is 28.2. The SMILES string of the molecule is NC(=O)CC[C@H](N)C(=O)N1C[C@@H](F)[C@@H](F)[C@@H]1C(=O)O. The summed E-state index contributed by atoms with van der Waals surface area (Å²) in [6, 6.07) is -3.10. The average molecular weight is 279 g/mol. The van der Waals surface area contributed by atoms with Gasteiger partial charge in [0.2, 0.25) is 11.8 Å². The van der Waals surface area contributed by atoms with Gasteiger partial charge in [0, 0.05) is 6.42 Å². The molecule has 4 atom stereocenters. The van der Waals surface area contributed by atoms with E-state index in [2.05, 4.69) is 0 Å². The van der Waals surface area contributed by atoms with E-state index in [0.29, 0.717) is 4.90 Å². The zero-order valence-corrected chi connectivity index (χ0v) is 9.96. The molecule has 1 aliphatic rings. The van der Waals surface area contributed by atoms with Crippen LogP contribution in [0.1, 0.15) is 12.8 Å². The number of rotatable bonds is 5. The van der Waals surface area contributed by atoms with Crippen molar-refractivity contribution in [2.45, 2.75) is 37.3 Å². The summed E-state index contributed by atoms with van der Waals surface area (Å²) >= 11 is 0. The maximum absolute atomic E-state index is 13.4. The zero-order chi connectivity index (χ0) is 14.7. The number of carbonyl (C=O) groups excluding carboxylic acids is 2. The van der Waals surface area contributed by atoms with Gasteiger partial charge < -0.3 is 21.5 Å². The van der Waals surface area contributed by atoms with Crippen LogP contribution in [-0.4, -0.2) is 58.8 Å². The number of aliphatic carboxylic acids is 1. The van der Waals surface area contributed by atoms with E-state index in [9.17, 15) is 23.2 Å². The first kappa shape index (κ1) is 15.3. The lowest BCUT2D eigenvalue weighted by Gasteiger charge is -2.24.